The third-order valence-electron chi connectivity index (χ3n) is 4.71. The van der Waals surface area contributed by atoms with E-state index >= 15 is 0 Å². The Labute approximate surface area is 163 Å². The number of hydrogen-bond acceptors (Lipinski definition) is 5. The minimum absolute atomic E-state index is 0.0745. The maximum absolute atomic E-state index is 12.9. The Morgan fingerprint density at radius 1 is 1.11 bits per heavy atom. The second kappa shape index (κ2) is 7.93. The van der Waals surface area contributed by atoms with Gasteiger partial charge in [-0.15, -0.1) is 0 Å². The quantitative estimate of drug-likeness (QED) is 0.559. The van der Waals surface area contributed by atoms with Crippen LogP contribution in [0.3, 0.4) is 0 Å². The molecule has 0 atom stereocenters. The lowest BCUT2D eigenvalue weighted by molar-refractivity contribution is -0.385. The molecule has 1 heterocycles. The maximum atomic E-state index is 12.9. The second-order valence-corrected chi connectivity index (χ2v) is 8.82. The van der Waals surface area contributed by atoms with Crippen LogP contribution < -0.4 is 0 Å². The molecular formula is C18H20ClN3O4S. The Balaban J connectivity index is 1.75. The molecule has 0 amide bonds. The van der Waals surface area contributed by atoms with Crippen LogP contribution in [0.5, 0.6) is 0 Å². The molecule has 144 valence electrons. The smallest absolute Gasteiger partial charge is 0.275 e. The largest absolute Gasteiger partial charge is 0.296 e. The van der Waals surface area contributed by atoms with E-state index in [4.69, 9.17) is 11.6 Å². The number of nitrogens with zero attached hydrogens (tertiary/aromatic N) is 3. The predicted molar refractivity (Wildman–Crippen MR) is 103 cm³/mol. The fourth-order valence-electron chi connectivity index (χ4n) is 3.10. The van der Waals surface area contributed by atoms with Gasteiger partial charge >= 0.3 is 0 Å². The Morgan fingerprint density at radius 2 is 1.74 bits per heavy atom. The summed E-state index contributed by atoms with van der Waals surface area (Å²) in [7, 11) is -3.84. The molecule has 0 aromatic heterocycles. The van der Waals surface area contributed by atoms with Crippen molar-refractivity contribution in [1.82, 2.24) is 9.21 Å². The Kier molecular flexibility index (Phi) is 5.81. The van der Waals surface area contributed by atoms with E-state index in [2.05, 4.69) is 4.90 Å². The first-order chi connectivity index (χ1) is 12.8. The van der Waals surface area contributed by atoms with Crippen LogP contribution in [0.1, 0.15) is 11.1 Å². The number of nitro benzene ring substituents is 1. The Bertz CT molecular complexity index is 943. The summed E-state index contributed by atoms with van der Waals surface area (Å²) in [5.74, 6) is 0. The summed E-state index contributed by atoms with van der Waals surface area (Å²) >= 11 is 6.03. The summed E-state index contributed by atoms with van der Waals surface area (Å²) in [6, 6.07) is 12.4. The van der Waals surface area contributed by atoms with Gasteiger partial charge in [0.25, 0.3) is 5.69 Å². The number of benzene rings is 2. The van der Waals surface area contributed by atoms with Crippen molar-refractivity contribution >= 4 is 27.3 Å². The molecule has 0 aliphatic carbocycles. The molecule has 1 aliphatic rings. The zero-order chi connectivity index (χ0) is 19.6. The summed E-state index contributed by atoms with van der Waals surface area (Å²) in [5.41, 5.74) is 1.15. The average Bonchev–Trinajstić information content (AvgIpc) is 2.64. The van der Waals surface area contributed by atoms with Gasteiger partial charge in [-0.05, 0) is 18.6 Å². The van der Waals surface area contributed by atoms with Crippen molar-refractivity contribution in [1.29, 1.82) is 0 Å². The lowest BCUT2D eigenvalue weighted by Gasteiger charge is -2.34. The van der Waals surface area contributed by atoms with Gasteiger partial charge in [0, 0.05) is 44.4 Å². The van der Waals surface area contributed by atoms with Crippen molar-refractivity contribution in [2.75, 3.05) is 26.2 Å². The van der Waals surface area contributed by atoms with Crippen molar-refractivity contribution in [3.05, 3.63) is 68.7 Å². The fraction of sp³-hybridized carbons (Fsp3) is 0.333. The van der Waals surface area contributed by atoms with Gasteiger partial charge in [-0.25, -0.2) is 8.42 Å². The highest BCUT2D eigenvalue weighted by Gasteiger charge is 2.31. The topological polar surface area (TPSA) is 83.8 Å². The van der Waals surface area contributed by atoms with Crippen LogP contribution in [0.2, 0.25) is 5.02 Å². The highest BCUT2D eigenvalue weighted by atomic mass is 35.5. The summed E-state index contributed by atoms with van der Waals surface area (Å²) in [6.45, 7) is 4.10. The van der Waals surface area contributed by atoms with Crippen molar-refractivity contribution in [2.45, 2.75) is 18.4 Å². The molecule has 0 unspecified atom stereocenters. The molecule has 0 spiro atoms. The molecule has 2 aromatic carbocycles. The number of piperazine rings is 1. The third-order valence-corrected chi connectivity index (χ3v) is 6.97. The van der Waals surface area contributed by atoms with Crippen LogP contribution in [0.25, 0.3) is 0 Å². The standard InChI is InChI=1S/C18H20ClN3O4S/c1-14-17(19)11-16(12-18(14)22(23)24)27(25,26)21-9-7-20(8-10-21)13-15-5-3-2-4-6-15/h2-6,11-12H,7-10,13H2,1H3. The third kappa shape index (κ3) is 4.30. The van der Waals surface area contributed by atoms with Gasteiger partial charge in [0.1, 0.15) is 0 Å². The van der Waals surface area contributed by atoms with Crippen LogP contribution >= 0.6 is 11.6 Å². The van der Waals surface area contributed by atoms with E-state index in [0.717, 1.165) is 12.6 Å². The van der Waals surface area contributed by atoms with Gasteiger partial charge in [-0.1, -0.05) is 41.9 Å². The highest BCUT2D eigenvalue weighted by molar-refractivity contribution is 7.89. The van der Waals surface area contributed by atoms with Crippen molar-refractivity contribution in [3.8, 4) is 0 Å². The lowest BCUT2D eigenvalue weighted by Crippen LogP contribution is -2.48. The van der Waals surface area contributed by atoms with E-state index in [1.54, 1.807) is 0 Å². The number of nitro groups is 1. The SMILES string of the molecule is Cc1c(Cl)cc(S(=O)(=O)N2CCN(Cc3ccccc3)CC2)cc1[N+](=O)[O-]. The van der Waals surface area contributed by atoms with E-state index in [0.29, 0.717) is 26.2 Å². The summed E-state index contributed by atoms with van der Waals surface area (Å²) in [4.78, 5) is 12.6. The van der Waals surface area contributed by atoms with Crippen LogP contribution in [-0.4, -0.2) is 48.7 Å². The molecule has 9 heteroatoms. The number of hydrogen-bond donors (Lipinski definition) is 0. The molecule has 1 aliphatic heterocycles. The lowest BCUT2D eigenvalue weighted by atomic mass is 10.2. The zero-order valence-corrected chi connectivity index (χ0v) is 16.4. The maximum Gasteiger partial charge on any atom is 0.275 e. The number of rotatable bonds is 5. The number of sulfonamides is 1. The molecule has 0 bridgehead atoms. The molecule has 2 aromatic rings. The van der Waals surface area contributed by atoms with E-state index in [9.17, 15) is 18.5 Å². The minimum Gasteiger partial charge on any atom is -0.296 e. The fourth-order valence-corrected chi connectivity index (χ4v) is 4.85. The molecule has 0 N–H and O–H groups in total. The Hall–Kier alpha value is -2.00. The van der Waals surface area contributed by atoms with Crippen LogP contribution in [0, 0.1) is 17.0 Å². The van der Waals surface area contributed by atoms with Gasteiger partial charge in [-0.3, -0.25) is 15.0 Å². The highest BCUT2D eigenvalue weighted by Crippen LogP contribution is 2.31. The predicted octanol–water partition coefficient (Wildman–Crippen LogP) is 3.06. The normalized spacial score (nSPS) is 16.4. The second-order valence-electron chi connectivity index (χ2n) is 6.47. The van der Waals surface area contributed by atoms with Gasteiger partial charge in [0.15, 0.2) is 0 Å². The molecule has 7 nitrogen and oxygen atoms in total. The van der Waals surface area contributed by atoms with Crippen LogP contribution in [0.4, 0.5) is 5.69 Å². The summed E-state index contributed by atoms with van der Waals surface area (Å²) < 4.78 is 27.2. The first-order valence-corrected chi connectivity index (χ1v) is 10.3. The molecule has 1 fully saturated rings. The van der Waals surface area contributed by atoms with Gasteiger partial charge in [-0.2, -0.15) is 4.31 Å². The van der Waals surface area contributed by atoms with Crippen molar-refractivity contribution in [2.24, 2.45) is 0 Å². The molecular weight excluding hydrogens is 390 g/mol. The van der Waals surface area contributed by atoms with E-state index < -0.39 is 14.9 Å². The van der Waals surface area contributed by atoms with E-state index in [1.165, 1.54) is 22.9 Å². The van der Waals surface area contributed by atoms with E-state index in [1.807, 2.05) is 30.3 Å². The molecule has 0 saturated carbocycles. The Morgan fingerprint density at radius 3 is 2.33 bits per heavy atom. The average molecular weight is 410 g/mol. The molecule has 3 rings (SSSR count). The zero-order valence-electron chi connectivity index (χ0n) is 14.8. The summed E-state index contributed by atoms with van der Waals surface area (Å²) in [5, 5.41) is 11.3. The van der Waals surface area contributed by atoms with Gasteiger partial charge < -0.3 is 0 Å². The first kappa shape index (κ1) is 19.8. The van der Waals surface area contributed by atoms with E-state index in [-0.39, 0.29) is 21.2 Å². The number of halogens is 1. The van der Waals surface area contributed by atoms with Crippen LogP contribution in [0.15, 0.2) is 47.4 Å². The first-order valence-electron chi connectivity index (χ1n) is 8.50. The van der Waals surface area contributed by atoms with Crippen molar-refractivity contribution < 1.29 is 13.3 Å². The molecule has 27 heavy (non-hydrogen) atoms. The van der Waals surface area contributed by atoms with Gasteiger partial charge in [0.2, 0.25) is 10.0 Å². The monoisotopic (exact) mass is 409 g/mol. The van der Waals surface area contributed by atoms with Crippen LogP contribution in [-0.2, 0) is 16.6 Å². The summed E-state index contributed by atoms with van der Waals surface area (Å²) in [6.07, 6.45) is 0. The van der Waals surface area contributed by atoms with Crippen molar-refractivity contribution in [3.63, 3.8) is 0 Å². The minimum atomic E-state index is -3.84. The van der Waals surface area contributed by atoms with Gasteiger partial charge in [0.05, 0.1) is 14.8 Å². The molecule has 1 saturated heterocycles. The molecule has 0 radical (unpaired) electrons.